The van der Waals surface area contributed by atoms with Crippen molar-refractivity contribution in [1.82, 2.24) is 15.3 Å². The van der Waals surface area contributed by atoms with E-state index < -0.39 is 18.0 Å². The third-order valence-electron chi connectivity index (χ3n) is 4.09. The average molecular weight is 412 g/mol. The van der Waals surface area contributed by atoms with Crippen LogP contribution < -0.4 is 5.32 Å². The zero-order valence-corrected chi connectivity index (χ0v) is 16.7. The zero-order valence-electron chi connectivity index (χ0n) is 13.8. The summed E-state index contributed by atoms with van der Waals surface area (Å²) < 4.78 is 0. The maximum absolute atomic E-state index is 12.5. The number of hydrogen-bond donors (Lipinski definition) is 2. The zero-order chi connectivity index (χ0) is 17.1. The second kappa shape index (κ2) is 8.92. The van der Waals surface area contributed by atoms with E-state index in [0.29, 0.717) is 19.4 Å². The Morgan fingerprint density at radius 2 is 2.12 bits per heavy atom. The first kappa shape index (κ1) is 21.1. The summed E-state index contributed by atoms with van der Waals surface area (Å²) in [6.45, 7) is 5.50. The van der Waals surface area contributed by atoms with Crippen LogP contribution in [0, 0.1) is 0 Å². The molecule has 2 aliphatic rings. The Morgan fingerprint density at radius 1 is 1.46 bits per heavy atom. The number of hydrogen-bond acceptors (Lipinski definition) is 4. The number of nitrogens with zero attached hydrogens (tertiary/aromatic N) is 2. The normalized spacial score (nSPS) is 25.2. The number of fused-ring (bicyclic) bond motifs is 1. The fraction of sp³-hybridized carbons (Fsp3) is 0.667. The van der Waals surface area contributed by atoms with E-state index >= 15 is 0 Å². The first-order chi connectivity index (χ1) is 10.8. The van der Waals surface area contributed by atoms with Gasteiger partial charge in [-0.2, -0.15) is 0 Å². The SMILES string of the molecule is C=C(O)C[C@@H](C)NC(=O)[C@@H]1CCCN2C(=O)CC[C@H]([NH-])C(=O)N12.[Y]. The standard InChI is InChI=1S/C15H23N4O4.Y/c1-9(8-10(2)20)17-14(22)12-4-3-7-18-13(21)6-5-11(16)15(23)19(12)18;/h9,11-12,16,20H,2-8H2,1H3,(H,17,22);/q-1;/t9-,11+,12+;/m1./s1. The summed E-state index contributed by atoms with van der Waals surface area (Å²) in [6.07, 6.45) is 1.61. The van der Waals surface area contributed by atoms with Crippen LogP contribution in [0.3, 0.4) is 0 Å². The number of aliphatic hydroxyl groups excluding tert-OH is 1. The summed E-state index contributed by atoms with van der Waals surface area (Å²) in [5.74, 6) is -1.13. The maximum atomic E-state index is 12.5. The molecule has 0 aliphatic carbocycles. The molecular weight excluding hydrogens is 389 g/mol. The smallest absolute Gasteiger partial charge is 0.245 e. The fourth-order valence-corrected chi connectivity index (χ4v) is 3.02. The Bertz CT molecular complexity index is 528. The van der Waals surface area contributed by atoms with E-state index in [1.54, 1.807) is 6.92 Å². The number of amides is 3. The second-order valence-electron chi connectivity index (χ2n) is 6.13. The molecule has 2 fully saturated rings. The van der Waals surface area contributed by atoms with Crippen molar-refractivity contribution in [2.45, 2.75) is 57.2 Å². The van der Waals surface area contributed by atoms with Gasteiger partial charge in [-0.1, -0.05) is 19.0 Å². The molecule has 0 bridgehead atoms. The van der Waals surface area contributed by atoms with E-state index in [0.717, 1.165) is 0 Å². The van der Waals surface area contributed by atoms with Gasteiger partial charge >= 0.3 is 0 Å². The molecule has 8 nitrogen and oxygen atoms in total. The van der Waals surface area contributed by atoms with Crippen LogP contribution in [0.4, 0.5) is 0 Å². The van der Waals surface area contributed by atoms with Crippen molar-refractivity contribution in [2.75, 3.05) is 6.54 Å². The fourth-order valence-electron chi connectivity index (χ4n) is 3.02. The molecule has 3 N–H and O–H groups in total. The van der Waals surface area contributed by atoms with Gasteiger partial charge in [-0.15, -0.1) is 0 Å². The number of rotatable bonds is 4. The Morgan fingerprint density at radius 3 is 2.75 bits per heavy atom. The number of carbonyl (C=O) groups excluding carboxylic acids is 3. The van der Waals surface area contributed by atoms with Crippen molar-refractivity contribution in [3.05, 3.63) is 18.1 Å². The Balaban J connectivity index is 0.00000288. The Kier molecular flexibility index (Phi) is 7.83. The molecule has 3 amide bonds. The van der Waals surface area contributed by atoms with E-state index in [1.807, 2.05) is 0 Å². The van der Waals surface area contributed by atoms with Crippen molar-refractivity contribution in [3.8, 4) is 0 Å². The van der Waals surface area contributed by atoms with Gasteiger partial charge < -0.3 is 16.2 Å². The van der Waals surface area contributed by atoms with Crippen LogP contribution in [0.1, 0.15) is 39.0 Å². The molecule has 0 aromatic heterocycles. The molecule has 24 heavy (non-hydrogen) atoms. The molecule has 2 saturated heterocycles. The summed E-state index contributed by atoms with van der Waals surface area (Å²) in [7, 11) is 0. The predicted octanol–water partition coefficient (Wildman–Crippen LogP) is 0.900. The van der Waals surface area contributed by atoms with Gasteiger partial charge in [0.25, 0.3) is 0 Å². The third kappa shape index (κ3) is 4.77. The Hall–Kier alpha value is -0.986. The molecule has 1 radical (unpaired) electrons. The number of hydrazine groups is 1. The van der Waals surface area contributed by atoms with Crippen molar-refractivity contribution < 1.29 is 52.2 Å². The van der Waals surface area contributed by atoms with E-state index in [-0.39, 0.29) is 75.6 Å². The van der Waals surface area contributed by atoms with E-state index in [9.17, 15) is 19.5 Å². The van der Waals surface area contributed by atoms with E-state index in [4.69, 9.17) is 5.73 Å². The minimum atomic E-state index is -1.02. The van der Waals surface area contributed by atoms with Gasteiger partial charge in [-0.05, 0) is 19.8 Å². The van der Waals surface area contributed by atoms with Crippen LogP contribution in [0.2, 0.25) is 0 Å². The number of aliphatic hydroxyl groups is 1. The minimum Gasteiger partial charge on any atom is -0.667 e. The molecule has 9 heteroatoms. The molecule has 0 aromatic rings. The molecular formula is C15H23N4O4Y-. The first-order valence-electron chi connectivity index (χ1n) is 7.83. The molecule has 3 atom stereocenters. The molecule has 2 rings (SSSR count). The van der Waals surface area contributed by atoms with Crippen molar-refractivity contribution >= 4 is 17.7 Å². The summed E-state index contributed by atoms with van der Waals surface area (Å²) in [4.78, 5) is 37.1. The summed E-state index contributed by atoms with van der Waals surface area (Å²) >= 11 is 0. The van der Waals surface area contributed by atoms with Gasteiger partial charge in [0.2, 0.25) is 17.7 Å². The first-order valence-corrected chi connectivity index (χ1v) is 7.83. The van der Waals surface area contributed by atoms with Gasteiger partial charge in [0, 0.05) is 58.1 Å². The molecule has 0 saturated carbocycles. The van der Waals surface area contributed by atoms with Crippen molar-refractivity contribution in [2.24, 2.45) is 0 Å². The van der Waals surface area contributed by atoms with Crippen molar-refractivity contribution in [3.63, 3.8) is 0 Å². The summed E-state index contributed by atoms with van der Waals surface area (Å²) in [5, 5.41) is 14.4. The summed E-state index contributed by atoms with van der Waals surface area (Å²) in [5.41, 5.74) is 7.85. The van der Waals surface area contributed by atoms with Gasteiger partial charge in [-0.3, -0.25) is 19.4 Å². The van der Waals surface area contributed by atoms with Gasteiger partial charge in [-0.25, -0.2) is 5.01 Å². The van der Waals surface area contributed by atoms with Crippen LogP contribution in [0.15, 0.2) is 12.3 Å². The van der Waals surface area contributed by atoms with Crippen molar-refractivity contribution in [1.29, 1.82) is 0 Å². The molecule has 0 aromatic carbocycles. The predicted molar refractivity (Wildman–Crippen MR) is 82.9 cm³/mol. The van der Waals surface area contributed by atoms with Gasteiger partial charge in [0.05, 0.1) is 5.76 Å². The second-order valence-corrected chi connectivity index (χ2v) is 6.13. The summed E-state index contributed by atoms with van der Waals surface area (Å²) in [6, 6.07) is -2.15. The molecule has 0 spiro atoms. The topological polar surface area (TPSA) is 114 Å². The van der Waals surface area contributed by atoms with E-state index in [2.05, 4.69) is 11.9 Å². The largest absolute Gasteiger partial charge is 0.667 e. The third-order valence-corrected chi connectivity index (χ3v) is 4.09. The van der Waals surface area contributed by atoms with Gasteiger partial charge in [0.1, 0.15) is 6.04 Å². The van der Waals surface area contributed by atoms with Gasteiger partial charge in [0.15, 0.2) is 0 Å². The van der Waals surface area contributed by atoms with E-state index in [1.165, 1.54) is 10.0 Å². The maximum Gasteiger partial charge on any atom is 0.245 e. The molecule has 0 unspecified atom stereocenters. The number of carbonyl (C=O) groups is 3. The van der Waals surface area contributed by atoms with Crippen LogP contribution in [0.5, 0.6) is 0 Å². The van der Waals surface area contributed by atoms with Crippen LogP contribution in [-0.2, 0) is 47.1 Å². The molecule has 2 aliphatic heterocycles. The molecule has 2 heterocycles. The number of nitrogens with one attached hydrogen (secondary N) is 2. The quantitative estimate of drug-likeness (QED) is 0.668. The Labute approximate surface area is 166 Å². The van der Waals surface area contributed by atoms with Crippen LogP contribution >= 0.6 is 0 Å². The van der Waals surface area contributed by atoms with Crippen LogP contribution in [0.25, 0.3) is 5.73 Å². The monoisotopic (exact) mass is 412 g/mol. The average Bonchev–Trinajstić information content (AvgIpc) is 2.59. The van der Waals surface area contributed by atoms with Crippen LogP contribution in [-0.4, -0.2) is 57.5 Å². The minimum absolute atomic E-state index is 0. The molecule has 131 valence electrons.